The number of nitrogens with two attached hydrogens (primary N) is 1. The van der Waals surface area contributed by atoms with Crippen molar-refractivity contribution in [1.82, 2.24) is 10.6 Å². The van der Waals surface area contributed by atoms with Crippen molar-refractivity contribution in [2.24, 2.45) is 5.73 Å². The molecule has 0 saturated carbocycles. The normalized spacial score (nSPS) is 16.9. The molecule has 0 aromatic heterocycles. The molecule has 2 unspecified atom stereocenters. The molecule has 0 aliphatic heterocycles. The van der Waals surface area contributed by atoms with Gasteiger partial charge in [0, 0.05) is 6.54 Å². The summed E-state index contributed by atoms with van der Waals surface area (Å²) in [6, 6.07) is -1.08. The van der Waals surface area contributed by atoms with Crippen LogP contribution in [0.5, 0.6) is 0 Å². The summed E-state index contributed by atoms with van der Waals surface area (Å²) in [5, 5.41) is 4.28. The van der Waals surface area contributed by atoms with Crippen molar-refractivity contribution >= 4 is 11.8 Å². The summed E-state index contributed by atoms with van der Waals surface area (Å²) in [5.74, 6) is -2.01. The Morgan fingerprint density at radius 2 is 1.82 bits per heavy atom. The Kier molecular flexibility index (Phi) is 4.94. The van der Waals surface area contributed by atoms with Gasteiger partial charge in [0.2, 0.25) is 11.8 Å². The van der Waals surface area contributed by atoms with Crippen LogP contribution in [0.4, 0.5) is 13.2 Å². The largest absolute Gasteiger partial charge is 0.415 e. The lowest BCUT2D eigenvalue weighted by Crippen LogP contribution is -2.63. The number of likely N-dealkylation sites (N-methyl/N-ethyl adjacent to an activating group) is 1. The number of carbonyl (C=O) groups is 2. The minimum atomic E-state index is -4.88. The highest BCUT2D eigenvalue weighted by Crippen LogP contribution is 2.27. The molecule has 0 fully saturated rings. The van der Waals surface area contributed by atoms with E-state index in [-0.39, 0.29) is 0 Å². The van der Waals surface area contributed by atoms with Crippen LogP contribution in [0.2, 0.25) is 0 Å². The summed E-state index contributed by atoms with van der Waals surface area (Å²) in [6.45, 7) is 3.79. The van der Waals surface area contributed by atoms with Crippen LogP contribution in [0.15, 0.2) is 0 Å². The topological polar surface area (TPSA) is 84.2 Å². The predicted octanol–water partition coefficient (Wildman–Crippen LogP) is -0.0931. The van der Waals surface area contributed by atoms with Crippen LogP contribution in [-0.4, -0.2) is 36.1 Å². The molecule has 100 valence electrons. The van der Waals surface area contributed by atoms with Gasteiger partial charge in [-0.2, -0.15) is 13.2 Å². The summed E-state index contributed by atoms with van der Waals surface area (Å²) in [4.78, 5) is 22.5. The van der Waals surface area contributed by atoms with Crippen LogP contribution >= 0.6 is 0 Å². The lowest BCUT2D eigenvalue weighted by Gasteiger charge is -2.27. The SMILES string of the molecule is CCNC(=O)C(C)NC(=O)C(C)(N)C(F)(F)F. The quantitative estimate of drug-likeness (QED) is 0.656. The summed E-state index contributed by atoms with van der Waals surface area (Å²) in [7, 11) is 0. The molecule has 0 bridgehead atoms. The molecule has 0 saturated heterocycles. The second-order valence-electron chi connectivity index (χ2n) is 3.79. The van der Waals surface area contributed by atoms with E-state index in [1.165, 1.54) is 6.92 Å². The number of hydrogen-bond acceptors (Lipinski definition) is 3. The first-order chi connectivity index (χ1) is 7.54. The molecule has 2 atom stereocenters. The van der Waals surface area contributed by atoms with E-state index in [0.29, 0.717) is 13.5 Å². The van der Waals surface area contributed by atoms with E-state index in [0.717, 1.165) is 0 Å². The molecule has 0 aliphatic carbocycles. The van der Waals surface area contributed by atoms with Gasteiger partial charge in [-0.05, 0) is 20.8 Å². The van der Waals surface area contributed by atoms with Crippen LogP contribution in [0.1, 0.15) is 20.8 Å². The van der Waals surface area contributed by atoms with Crippen molar-refractivity contribution in [2.45, 2.75) is 38.5 Å². The van der Waals surface area contributed by atoms with Gasteiger partial charge >= 0.3 is 6.18 Å². The molecule has 0 aromatic carbocycles. The fraction of sp³-hybridized carbons (Fsp3) is 0.778. The van der Waals surface area contributed by atoms with Gasteiger partial charge in [0.25, 0.3) is 0 Å². The minimum absolute atomic E-state index is 0.318. The van der Waals surface area contributed by atoms with Gasteiger partial charge in [-0.3, -0.25) is 9.59 Å². The summed E-state index contributed by atoms with van der Waals surface area (Å²) in [5.41, 5.74) is 1.87. The Morgan fingerprint density at radius 1 is 1.35 bits per heavy atom. The summed E-state index contributed by atoms with van der Waals surface area (Å²) in [6.07, 6.45) is -4.88. The molecule has 17 heavy (non-hydrogen) atoms. The Morgan fingerprint density at radius 3 is 2.18 bits per heavy atom. The zero-order valence-corrected chi connectivity index (χ0v) is 9.81. The van der Waals surface area contributed by atoms with E-state index in [4.69, 9.17) is 5.73 Å². The molecule has 0 heterocycles. The summed E-state index contributed by atoms with van der Waals surface area (Å²) >= 11 is 0. The summed E-state index contributed by atoms with van der Waals surface area (Å²) < 4.78 is 37.2. The monoisotopic (exact) mass is 255 g/mol. The molecule has 0 spiro atoms. The average Bonchev–Trinajstić information content (AvgIpc) is 2.15. The zero-order chi connectivity index (χ0) is 13.9. The van der Waals surface area contributed by atoms with Gasteiger partial charge in [0.1, 0.15) is 6.04 Å². The Hall–Kier alpha value is -1.31. The molecule has 0 aromatic rings. The highest BCUT2D eigenvalue weighted by Gasteiger charge is 2.54. The van der Waals surface area contributed by atoms with Gasteiger partial charge in [-0.25, -0.2) is 0 Å². The third kappa shape index (κ3) is 3.88. The second kappa shape index (κ2) is 5.35. The zero-order valence-electron chi connectivity index (χ0n) is 9.81. The van der Waals surface area contributed by atoms with Crippen molar-refractivity contribution in [3.63, 3.8) is 0 Å². The van der Waals surface area contributed by atoms with Crippen molar-refractivity contribution in [3.8, 4) is 0 Å². The first-order valence-corrected chi connectivity index (χ1v) is 4.98. The van der Waals surface area contributed by atoms with Crippen LogP contribution in [0.3, 0.4) is 0 Å². The van der Waals surface area contributed by atoms with Crippen molar-refractivity contribution in [2.75, 3.05) is 6.54 Å². The molecule has 5 nitrogen and oxygen atoms in total. The highest BCUT2D eigenvalue weighted by molar-refractivity contribution is 5.92. The maximum Gasteiger partial charge on any atom is 0.415 e. The lowest BCUT2D eigenvalue weighted by molar-refractivity contribution is -0.188. The van der Waals surface area contributed by atoms with E-state index in [2.05, 4.69) is 5.32 Å². The second-order valence-corrected chi connectivity index (χ2v) is 3.79. The van der Waals surface area contributed by atoms with E-state index in [1.807, 2.05) is 5.32 Å². The maximum atomic E-state index is 12.4. The lowest BCUT2D eigenvalue weighted by atomic mass is 10.0. The molecular formula is C9H16F3N3O2. The number of nitrogens with one attached hydrogen (secondary N) is 2. The van der Waals surface area contributed by atoms with Crippen LogP contribution < -0.4 is 16.4 Å². The number of hydrogen-bond donors (Lipinski definition) is 3. The standard InChI is InChI=1S/C9H16F3N3O2/c1-4-14-6(16)5(2)15-7(17)8(3,13)9(10,11)12/h5H,4,13H2,1-3H3,(H,14,16)(H,15,17). The Bertz CT molecular complexity index is 302. The first-order valence-electron chi connectivity index (χ1n) is 4.98. The third-order valence-electron chi connectivity index (χ3n) is 2.15. The smallest absolute Gasteiger partial charge is 0.355 e. The van der Waals surface area contributed by atoms with Gasteiger partial charge in [-0.15, -0.1) is 0 Å². The number of amides is 2. The van der Waals surface area contributed by atoms with E-state index < -0.39 is 29.6 Å². The third-order valence-corrected chi connectivity index (χ3v) is 2.15. The van der Waals surface area contributed by atoms with Gasteiger partial charge in [0.05, 0.1) is 0 Å². The van der Waals surface area contributed by atoms with Crippen LogP contribution in [0.25, 0.3) is 0 Å². The fourth-order valence-electron chi connectivity index (χ4n) is 0.868. The molecule has 0 rings (SSSR count). The molecule has 0 aliphatic rings. The number of rotatable bonds is 4. The van der Waals surface area contributed by atoms with Gasteiger partial charge in [-0.1, -0.05) is 0 Å². The predicted molar refractivity (Wildman–Crippen MR) is 54.9 cm³/mol. The molecule has 2 amide bonds. The Labute approximate surface area is 96.9 Å². The van der Waals surface area contributed by atoms with Crippen molar-refractivity contribution in [3.05, 3.63) is 0 Å². The van der Waals surface area contributed by atoms with Crippen molar-refractivity contribution in [1.29, 1.82) is 0 Å². The van der Waals surface area contributed by atoms with E-state index in [9.17, 15) is 22.8 Å². The van der Waals surface area contributed by atoms with E-state index in [1.54, 1.807) is 6.92 Å². The maximum absolute atomic E-state index is 12.4. The Balaban J connectivity index is 4.61. The van der Waals surface area contributed by atoms with Crippen molar-refractivity contribution < 1.29 is 22.8 Å². The van der Waals surface area contributed by atoms with Gasteiger partial charge < -0.3 is 16.4 Å². The number of alkyl halides is 3. The first kappa shape index (κ1) is 15.7. The van der Waals surface area contributed by atoms with E-state index >= 15 is 0 Å². The average molecular weight is 255 g/mol. The molecule has 8 heteroatoms. The number of halogens is 3. The van der Waals surface area contributed by atoms with Gasteiger partial charge in [0.15, 0.2) is 5.54 Å². The van der Waals surface area contributed by atoms with Crippen LogP contribution in [0, 0.1) is 0 Å². The highest BCUT2D eigenvalue weighted by atomic mass is 19.4. The number of carbonyl (C=O) groups excluding carboxylic acids is 2. The minimum Gasteiger partial charge on any atom is -0.355 e. The fourth-order valence-corrected chi connectivity index (χ4v) is 0.868. The molecule has 4 N–H and O–H groups in total. The molecular weight excluding hydrogens is 239 g/mol. The molecule has 0 radical (unpaired) electrons. The van der Waals surface area contributed by atoms with Crippen LogP contribution in [-0.2, 0) is 9.59 Å².